The average molecular weight is 364 g/mol. The molecule has 0 spiro atoms. The molecule has 0 radical (unpaired) electrons. The molecule has 6 heteroatoms. The van der Waals surface area contributed by atoms with Crippen molar-refractivity contribution in [3.05, 3.63) is 52.3 Å². The molecule has 6 nitrogen and oxygen atoms in total. The van der Waals surface area contributed by atoms with E-state index < -0.39 is 0 Å². The number of hydrogen-bond donors (Lipinski definition) is 2. The van der Waals surface area contributed by atoms with Crippen molar-refractivity contribution in [2.45, 2.75) is 52.0 Å². The Bertz CT molecular complexity index is 1020. The Hall–Kier alpha value is -2.89. The minimum atomic E-state index is -0.120. The number of nitrogens with zero attached hydrogens (tertiary/aromatic N) is 2. The number of nitrogens with two attached hydrogens (primary N) is 1. The van der Waals surface area contributed by atoms with Crippen molar-refractivity contribution in [1.82, 2.24) is 15.5 Å². The summed E-state index contributed by atoms with van der Waals surface area (Å²) in [7, 11) is 0. The minimum absolute atomic E-state index is 0.0206. The number of aromatic nitrogens is 2. The Balaban J connectivity index is 1.72. The molecule has 27 heavy (non-hydrogen) atoms. The summed E-state index contributed by atoms with van der Waals surface area (Å²) in [5.74, 6) is 0.0194. The molecule has 1 aliphatic carbocycles. The van der Waals surface area contributed by atoms with E-state index in [1.54, 1.807) is 0 Å². The molecule has 0 fully saturated rings. The molecule has 1 atom stereocenters. The van der Waals surface area contributed by atoms with E-state index in [2.05, 4.69) is 15.5 Å². The van der Waals surface area contributed by atoms with Crippen LogP contribution in [0.3, 0.4) is 0 Å². The van der Waals surface area contributed by atoms with Crippen LogP contribution >= 0.6 is 0 Å². The normalized spacial score (nSPS) is 16.5. The summed E-state index contributed by atoms with van der Waals surface area (Å²) < 4.78 is 5.39. The summed E-state index contributed by atoms with van der Waals surface area (Å²) in [5.41, 5.74) is 11.5. The van der Waals surface area contributed by atoms with Gasteiger partial charge in [-0.1, -0.05) is 25.1 Å². The highest BCUT2D eigenvalue weighted by Crippen LogP contribution is 2.32. The van der Waals surface area contributed by atoms with Gasteiger partial charge in [0.05, 0.1) is 22.7 Å². The second kappa shape index (κ2) is 6.68. The van der Waals surface area contributed by atoms with Gasteiger partial charge in [0.2, 0.25) is 0 Å². The number of nitrogens with one attached hydrogen (secondary N) is 1. The fourth-order valence-corrected chi connectivity index (χ4v) is 3.89. The molecule has 3 aromatic rings. The minimum Gasteiger partial charge on any atom is -0.399 e. The smallest absolute Gasteiger partial charge is 0.259 e. The first kappa shape index (κ1) is 17.5. The van der Waals surface area contributed by atoms with Crippen LogP contribution in [-0.4, -0.2) is 16.0 Å². The quantitative estimate of drug-likeness (QED) is 0.684. The van der Waals surface area contributed by atoms with Crippen LogP contribution in [0.4, 0.5) is 5.69 Å². The maximum absolute atomic E-state index is 13.2. The number of carbonyl (C=O) groups is 1. The first-order valence-electron chi connectivity index (χ1n) is 9.40. The van der Waals surface area contributed by atoms with Crippen LogP contribution in [0, 0.1) is 6.92 Å². The molecule has 4 rings (SSSR count). The fraction of sp³-hybridized carbons (Fsp3) is 0.381. The molecule has 0 bridgehead atoms. The molecule has 2 aromatic heterocycles. The van der Waals surface area contributed by atoms with Crippen molar-refractivity contribution in [2.75, 3.05) is 5.73 Å². The Morgan fingerprint density at radius 1 is 1.33 bits per heavy atom. The highest BCUT2D eigenvalue weighted by atomic mass is 16.5. The predicted molar refractivity (Wildman–Crippen MR) is 105 cm³/mol. The van der Waals surface area contributed by atoms with E-state index in [4.69, 9.17) is 10.3 Å². The highest BCUT2D eigenvalue weighted by molar-refractivity contribution is 6.06. The summed E-state index contributed by atoms with van der Waals surface area (Å²) >= 11 is 0. The van der Waals surface area contributed by atoms with Crippen molar-refractivity contribution in [1.29, 1.82) is 0 Å². The number of fused-ring (bicyclic) bond motifs is 2. The summed E-state index contributed by atoms with van der Waals surface area (Å²) in [6, 6.07) is 7.73. The number of anilines is 1. The molecule has 0 saturated heterocycles. The van der Waals surface area contributed by atoms with Gasteiger partial charge in [-0.3, -0.25) is 4.79 Å². The van der Waals surface area contributed by atoms with Crippen LogP contribution in [0.15, 0.2) is 28.8 Å². The molecular formula is C21H24N4O2. The van der Waals surface area contributed by atoms with E-state index in [0.717, 1.165) is 41.9 Å². The third-order valence-corrected chi connectivity index (χ3v) is 5.18. The molecule has 2 heterocycles. The molecular weight excluding hydrogens is 340 g/mol. The Morgan fingerprint density at radius 3 is 2.93 bits per heavy atom. The van der Waals surface area contributed by atoms with Gasteiger partial charge in [-0.2, -0.15) is 0 Å². The van der Waals surface area contributed by atoms with Crippen LogP contribution in [0.5, 0.6) is 0 Å². The number of rotatable bonds is 3. The van der Waals surface area contributed by atoms with E-state index in [1.807, 2.05) is 45.0 Å². The number of pyridine rings is 1. The van der Waals surface area contributed by atoms with Gasteiger partial charge in [-0.15, -0.1) is 0 Å². The van der Waals surface area contributed by atoms with Crippen LogP contribution in [0.1, 0.15) is 71.5 Å². The zero-order chi connectivity index (χ0) is 19.1. The summed E-state index contributed by atoms with van der Waals surface area (Å²) in [4.78, 5) is 17.6. The average Bonchev–Trinajstić information content (AvgIpc) is 3.04. The molecule has 1 aromatic carbocycles. The van der Waals surface area contributed by atoms with E-state index in [9.17, 15) is 4.79 Å². The molecule has 1 aliphatic rings. The van der Waals surface area contributed by atoms with Gasteiger partial charge < -0.3 is 15.6 Å². The Labute approximate surface area is 158 Å². The highest BCUT2D eigenvalue weighted by Gasteiger charge is 2.26. The number of benzene rings is 1. The first-order valence-corrected chi connectivity index (χ1v) is 9.40. The van der Waals surface area contributed by atoms with Gasteiger partial charge in [0.25, 0.3) is 11.6 Å². The summed E-state index contributed by atoms with van der Waals surface area (Å²) in [5, 5.41) is 8.06. The van der Waals surface area contributed by atoms with Gasteiger partial charge in [-0.25, -0.2) is 4.98 Å². The molecule has 140 valence electrons. The van der Waals surface area contributed by atoms with E-state index in [-0.39, 0.29) is 17.9 Å². The van der Waals surface area contributed by atoms with Crippen LogP contribution in [0.25, 0.3) is 11.1 Å². The SMILES string of the molecule is Cc1cc(C(=O)NC2CCCc3cc(N)ccc32)c2c(C(C)C)noc2n1. The number of carbonyl (C=O) groups excluding carboxylic acids is 1. The lowest BCUT2D eigenvalue weighted by molar-refractivity contribution is 0.0934. The van der Waals surface area contributed by atoms with Crippen molar-refractivity contribution >= 4 is 22.7 Å². The number of aryl methyl sites for hydroxylation is 2. The van der Waals surface area contributed by atoms with E-state index in [1.165, 1.54) is 5.56 Å². The zero-order valence-corrected chi connectivity index (χ0v) is 15.9. The number of amides is 1. The lowest BCUT2D eigenvalue weighted by Gasteiger charge is -2.27. The van der Waals surface area contributed by atoms with Gasteiger partial charge in [0.15, 0.2) is 0 Å². The molecule has 1 unspecified atom stereocenters. The largest absolute Gasteiger partial charge is 0.399 e. The van der Waals surface area contributed by atoms with Crippen molar-refractivity contribution in [3.8, 4) is 0 Å². The summed E-state index contributed by atoms with van der Waals surface area (Å²) in [6.45, 7) is 5.91. The number of nitrogen functional groups attached to an aromatic ring is 1. The third-order valence-electron chi connectivity index (χ3n) is 5.18. The monoisotopic (exact) mass is 364 g/mol. The van der Waals surface area contributed by atoms with Crippen molar-refractivity contribution in [2.24, 2.45) is 0 Å². The second-order valence-corrected chi connectivity index (χ2v) is 7.59. The Kier molecular flexibility index (Phi) is 4.34. The van der Waals surface area contributed by atoms with Crippen LogP contribution < -0.4 is 11.1 Å². The lowest BCUT2D eigenvalue weighted by Crippen LogP contribution is -2.31. The van der Waals surface area contributed by atoms with Gasteiger partial charge in [-0.05, 0) is 61.4 Å². The fourth-order valence-electron chi connectivity index (χ4n) is 3.89. The maximum atomic E-state index is 13.2. The summed E-state index contributed by atoms with van der Waals surface area (Å²) in [6.07, 6.45) is 2.93. The Morgan fingerprint density at radius 2 is 2.15 bits per heavy atom. The maximum Gasteiger partial charge on any atom is 0.259 e. The van der Waals surface area contributed by atoms with Crippen LogP contribution in [0.2, 0.25) is 0 Å². The standard InChI is InChI=1S/C21H24N4O2/c1-11(2)19-18-16(9-12(3)23-21(18)27-25-19)20(26)24-17-6-4-5-13-10-14(22)7-8-15(13)17/h7-11,17H,4-6,22H2,1-3H3,(H,24,26). The first-order chi connectivity index (χ1) is 12.9. The predicted octanol–water partition coefficient (Wildman–Crippen LogP) is 4.04. The molecule has 0 aliphatic heterocycles. The van der Waals surface area contributed by atoms with Crippen LogP contribution in [-0.2, 0) is 6.42 Å². The molecule has 0 saturated carbocycles. The third kappa shape index (κ3) is 3.16. The lowest BCUT2D eigenvalue weighted by atomic mass is 9.87. The van der Waals surface area contributed by atoms with Crippen molar-refractivity contribution in [3.63, 3.8) is 0 Å². The van der Waals surface area contributed by atoms with Crippen molar-refractivity contribution < 1.29 is 9.32 Å². The van der Waals surface area contributed by atoms with Gasteiger partial charge >= 0.3 is 0 Å². The topological polar surface area (TPSA) is 94.0 Å². The van der Waals surface area contributed by atoms with Gasteiger partial charge in [0.1, 0.15) is 0 Å². The second-order valence-electron chi connectivity index (χ2n) is 7.59. The van der Waals surface area contributed by atoms with E-state index in [0.29, 0.717) is 16.7 Å². The van der Waals surface area contributed by atoms with E-state index >= 15 is 0 Å². The molecule has 1 amide bonds. The zero-order valence-electron chi connectivity index (χ0n) is 15.9. The molecule has 3 N–H and O–H groups in total. The number of hydrogen-bond acceptors (Lipinski definition) is 5. The van der Waals surface area contributed by atoms with Gasteiger partial charge in [0, 0.05) is 11.4 Å².